The van der Waals surface area contributed by atoms with Gasteiger partial charge in [-0.05, 0) is 110 Å². The summed E-state index contributed by atoms with van der Waals surface area (Å²) < 4.78 is 0. The Morgan fingerprint density at radius 3 is 2.43 bits per heavy atom. The molecule has 1 heteroatoms. The van der Waals surface area contributed by atoms with Gasteiger partial charge in [-0.3, -0.25) is 0 Å². The molecule has 0 aromatic rings. The van der Waals surface area contributed by atoms with Gasteiger partial charge in [-0.1, -0.05) is 65.3 Å². The van der Waals surface area contributed by atoms with Crippen LogP contribution in [-0.2, 0) is 0 Å². The second-order valence-electron chi connectivity index (χ2n) is 12.7. The van der Waals surface area contributed by atoms with Crippen molar-refractivity contribution in [2.75, 3.05) is 0 Å². The predicted octanol–water partition coefficient (Wildman–Crippen LogP) is 7.80. The van der Waals surface area contributed by atoms with Crippen LogP contribution in [0, 0.1) is 52.3 Å². The first-order valence-corrected chi connectivity index (χ1v) is 13.1. The maximum absolute atomic E-state index is 10.5. The molecule has 0 aliphatic heterocycles. The van der Waals surface area contributed by atoms with Gasteiger partial charge in [0.1, 0.15) is 0 Å². The monoisotopic (exact) mass is 412 g/mol. The molecule has 4 aliphatic rings. The Kier molecular flexibility index (Phi) is 6.10. The summed E-state index contributed by atoms with van der Waals surface area (Å²) in [6.45, 7) is 19.0. The standard InChI is InChI=1S/C29H48O/c1-18(2)19(3)8-9-20(4)23-12-13-25-22-10-11-24-21(5)27(30)15-17-29(24,7)26(22)14-16-28(23,25)6/h10,18,20-21,23-27,30H,3,8-9,11-17H2,1-2,4-7H3/t20-,21+,23?,24?,25?,26?,27+,28-,29+/m1/s1. The lowest BCUT2D eigenvalue weighted by Crippen LogP contribution is -2.52. The summed E-state index contributed by atoms with van der Waals surface area (Å²) in [6.07, 6.45) is 14.2. The van der Waals surface area contributed by atoms with Gasteiger partial charge in [0.05, 0.1) is 6.10 Å². The molecular formula is C29H48O. The molecule has 0 heterocycles. The van der Waals surface area contributed by atoms with Gasteiger partial charge in [0.2, 0.25) is 0 Å². The first-order valence-electron chi connectivity index (χ1n) is 13.1. The highest BCUT2D eigenvalue weighted by Gasteiger charge is 2.59. The molecule has 3 fully saturated rings. The minimum Gasteiger partial charge on any atom is -0.393 e. The third-order valence-electron chi connectivity index (χ3n) is 11.1. The van der Waals surface area contributed by atoms with Crippen molar-refractivity contribution in [3.8, 4) is 0 Å². The minimum atomic E-state index is -0.0795. The summed E-state index contributed by atoms with van der Waals surface area (Å²) in [4.78, 5) is 0. The summed E-state index contributed by atoms with van der Waals surface area (Å²) in [6, 6.07) is 0. The van der Waals surface area contributed by atoms with Crippen LogP contribution < -0.4 is 0 Å². The fourth-order valence-electron chi connectivity index (χ4n) is 8.82. The lowest BCUT2D eigenvalue weighted by molar-refractivity contribution is -0.0773. The van der Waals surface area contributed by atoms with E-state index in [0.29, 0.717) is 28.6 Å². The summed E-state index contributed by atoms with van der Waals surface area (Å²) >= 11 is 0. The second kappa shape index (κ2) is 8.09. The van der Waals surface area contributed by atoms with Crippen molar-refractivity contribution < 1.29 is 5.11 Å². The molecule has 0 aromatic carbocycles. The van der Waals surface area contributed by atoms with Gasteiger partial charge < -0.3 is 5.11 Å². The molecule has 0 saturated heterocycles. The van der Waals surface area contributed by atoms with Gasteiger partial charge in [0.15, 0.2) is 0 Å². The molecule has 1 nitrogen and oxygen atoms in total. The van der Waals surface area contributed by atoms with Crippen LogP contribution in [0.25, 0.3) is 0 Å². The zero-order chi connectivity index (χ0) is 21.8. The summed E-state index contributed by atoms with van der Waals surface area (Å²) in [5.41, 5.74) is 4.22. The maximum atomic E-state index is 10.5. The summed E-state index contributed by atoms with van der Waals surface area (Å²) in [5, 5.41) is 10.5. The van der Waals surface area contributed by atoms with Gasteiger partial charge in [-0.15, -0.1) is 0 Å². The molecule has 4 rings (SSSR count). The van der Waals surface area contributed by atoms with Crippen LogP contribution in [0.4, 0.5) is 0 Å². The van der Waals surface area contributed by atoms with E-state index in [9.17, 15) is 5.11 Å². The molecule has 0 radical (unpaired) electrons. The molecule has 30 heavy (non-hydrogen) atoms. The van der Waals surface area contributed by atoms with E-state index in [-0.39, 0.29) is 6.10 Å². The Bertz CT molecular complexity index is 688. The maximum Gasteiger partial charge on any atom is 0.0568 e. The third kappa shape index (κ3) is 3.46. The molecule has 0 spiro atoms. The van der Waals surface area contributed by atoms with Crippen LogP contribution in [-0.4, -0.2) is 11.2 Å². The predicted molar refractivity (Wildman–Crippen MR) is 128 cm³/mol. The second-order valence-corrected chi connectivity index (χ2v) is 12.7. The van der Waals surface area contributed by atoms with Gasteiger partial charge in [-0.2, -0.15) is 0 Å². The highest BCUT2D eigenvalue weighted by Crippen LogP contribution is 2.67. The largest absolute Gasteiger partial charge is 0.393 e. The van der Waals surface area contributed by atoms with E-state index in [4.69, 9.17) is 0 Å². The zero-order valence-electron chi connectivity index (χ0n) is 20.7. The van der Waals surface area contributed by atoms with Crippen molar-refractivity contribution in [3.63, 3.8) is 0 Å². The first-order chi connectivity index (χ1) is 14.1. The Labute approximate surface area is 186 Å². The van der Waals surface area contributed by atoms with Crippen LogP contribution in [0.5, 0.6) is 0 Å². The van der Waals surface area contributed by atoms with Gasteiger partial charge in [0.25, 0.3) is 0 Å². The topological polar surface area (TPSA) is 20.2 Å². The number of hydrogen-bond donors (Lipinski definition) is 1. The van der Waals surface area contributed by atoms with Crippen LogP contribution >= 0.6 is 0 Å². The summed E-state index contributed by atoms with van der Waals surface area (Å²) in [5.74, 6) is 5.04. The van der Waals surface area contributed by atoms with Crippen LogP contribution in [0.15, 0.2) is 23.8 Å². The number of hydrogen-bond acceptors (Lipinski definition) is 1. The Balaban J connectivity index is 1.52. The van der Waals surface area contributed by atoms with Gasteiger partial charge in [0, 0.05) is 0 Å². The summed E-state index contributed by atoms with van der Waals surface area (Å²) in [7, 11) is 0. The fraction of sp³-hybridized carbons (Fsp3) is 0.862. The molecule has 1 N–H and O–H groups in total. The third-order valence-corrected chi connectivity index (χ3v) is 11.1. The van der Waals surface area contributed by atoms with E-state index in [1.807, 2.05) is 5.57 Å². The van der Waals surface area contributed by atoms with E-state index in [0.717, 1.165) is 30.1 Å². The lowest BCUT2D eigenvalue weighted by atomic mass is 9.46. The molecule has 9 atom stereocenters. The zero-order valence-corrected chi connectivity index (χ0v) is 20.7. The number of aliphatic hydroxyl groups excluding tert-OH is 1. The van der Waals surface area contributed by atoms with Crippen LogP contribution in [0.2, 0.25) is 0 Å². The van der Waals surface area contributed by atoms with Crippen molar-refractivity contribution in [2.24, 2.45) is 52.3 Å². The van der Waals surface area contributed by atoms with Crippen LogP contribution in [0.1, 0.15) is 99.3 Å². The number of aliphatic hydroxyl groups is 1. The van der Waals surface area contributed by atoms with Crippen LogP contribution in [0.3, 0.4) is 0 Å². The quantitative estimate of drug-likeness (QED) is 0.457. The molecule has 0 bridgehead atoms. The molecule has 4 unspecified atom stereocenters. The number of fused-ring (bicyclic) bond motifs is 5. The van der Waals surface area contributed by atoms with E-state index < -0.39 is 0 Å². The smallest absolute Gasteiger partial charge is 0.0568 e. The van der Waals surface area contributed by atoms with E-state index in [1.54, 1.807) is 0 Å². The Hall–Kier alpha value is -0.560. The molecule has 3 saturated carbocycles. The van der Waals surface area contributed by atoms with Crippen molar-refractivity contribution in [3.05, 3.63) is 23.8 Å². The Morgan fingerprint density at radius 2 is 1.73 bits per heavy atom. The highest BCUT2D eigenvalue weighted by molar-refractivity contribution is 5.28. The number of allylic oxidation sites excluding steroid dienone is 3. The average molecular weight is 413 g/mol. The normalized spacial score (nSPS) is 46.6. The van der Waals surface area contributed by atoms with Crippen molar-refractivity contribution in [1.82, 2.24) is 0 Å². The molecule has 4 aliphatic carbocycles. The highest BCUT2D eigenvalue weighted by atomic mass is 16.3. The fourth-order valence-corrected chi connectivity index (χ4v) is 8.82. The SMILES string of the molecule is C=C(CC[C@@H](C)C1CCC2C3=CCC4[C@H](C)[C@@H](O)CC[C@]4(C)C3CC[C@@]21C)C(C)C. The van der Waals surface area contributed by atoms with Crippen molar-refractivity contribution in [1.29, 1.82) is 0 Å². The van der Waals surface area contributed by atoms with E-state index >= 15 is 0 Å². The molecule has 0 amide bonds. The Morgan fingerprint density at radius 1 is 1.07 bits per heavy atom. The van der Waals surface area contributed by atoms with Crippen molar-refractivity contribution in [2.45, 2.75) is 105 Å². The van der Waals surface area contributed by atoms with E-state index in [2.05, 4.69) is 54.2 Å². The molecule has 170 valence electrons. The minimum absolute atomic E-state index is 0.0795. The van der Waals surface area contributed by atoms with E-state index in [1.165, 1.54) is 56.9 Å². The van der Waals surface area contributed by atoms with Gasteiger partial charge in [-0.25, -0.2) is 0 Å². The first kappa shape index (κ1) is 22.6. The van der Waals surface area contributed by atoms with Gasteiger partial charge >= 0.3 is 0 Å². The average Bonchev–Trinajstić information content (AvgIpc) is 3.06. The van der Waals surface area contributed by atoms with Crippen molar-refractivity contribution >= 4 is 0 Å². The number of rotatable bonds is 5. The lowest BCUT2D eigenvalue weighted by Gasteiger charge is -2.59. The molecular weight excluding hydrogens is 364 g/mol. The molecule has 0 aromatic heterocycles.